The summed E-state index contributed by atoms with van der Waals surface area (Å²) in [5.74, 6) is 2.13. The minimum absolute atomic E-state index is 0.0165. The lowest BCUT2D eigenvalue weighted by Gasteiger charge is -2.32. The zero-order valence-electron chi connectivity index (χ0n) is 24.3. The van der Waals surface area contributed by atoms with Crippen molar-refractivity contribution in [1.82, 2.24) is 14.7 Å². The predicted molar refractivity (Wildman–Crippen MR) is 168 cm³/mol. The average Bonchev–Trinajstić information content (AvgIpc) is 3.34. The van der Waals surface area contributed by atoms with Crippen molar-refractivity contribution < 1.29 is 14.3 Å². The first-order chi connectivity index (χ1) is 20.4. The second-order valence-corrected chi connectivity index (χ2v) is 12.3. The number of fused-ring (bicyclic) bond motifs is 1. The Morgan fingerprint density at radius 1 is 1.00 bits per heavy atom. The van der Waals surface area contributed by atoms with E-state index in [4.69, 9.17) is 9.84 Å². The van der Waals surface area contributed by atoms with Crippen LogP contribution in [0.3, 0.4) is 0 Å². The van der Waals surface area contributed by atoms with Crippen molar-refractivity contribution in [1.29, 1.82) is 0 Å². The highest BCUT2D eigenvalue weighted by molar-refractivity contribution is 8.00. The molecule has 0 spiro atoms. The number of piperidine rings is 1. The molecule has 0 radical (unpaired) electrons. The largest absolute Gasteiger partial charge is 0.497 e. The number of carbonyl (C=O) groups is 2. The van der Waals surface area contributed by atoms with Gasteiger partial charge in [-0.1, -0.05) is 67.1 Å². The smallest absolute Gasteiger partial charge is 0.242 e. The van der Waals surface area contributed by atoms with E-state index in [0.29, 0.717) is 11.7 Å². The molecule has 2 aliphatic heterocycles. The van der Waals surface area contributed by atoms with E-state index in [1.807, 2.05) is 52.0 Å². The first kappa shape index (κ1) is 28.1. The minimum Gasteiger partial charge on any atom is -0.497 e. The molecule has 1 aromatic heterocycles. The Morgan fingerprint density at radius 3 is 2.43 bits per heavy atom. The summed E-state index contributed by atoms with van der Waals surface area (Å²) in [7, 11) is 1.64. The number of thioether (sulfide) groups is 1. The first-order valence-electron chi connectivity index (χ1n) is 14.5. The van der Waals surface area contributed by atoms with E-state index < -0.39 is 0 Å². The minimum atomic E-state index is -0.151. The first-order valence-corrected chi connectivity index (χ1v) is 15.6. The number of likely N-dealkylation sites (tertiary alicyclic amines) is 1. The van der Waals surface area contributed by atoms with Crippen LogP contribution in [0.1, 0.15) is 41.7 Å². The maximum atomic E-state index is 14.0. The summed E-state index contributed by atoms with van der Waals surface area (Å²) in [6.45, 7) is 5.75. The molecule has 3 heterocycles. The van der Waals surface area contributed by atoms with Crippen LogP contribution in [-0.4, -0.2) is 59.0 Å². The number of rotatable bonds is 6. The van der Waals surface area contributed by atoms with Crippen molar-refractivity contribution in [3.05, 3.63) is 95.6 Å². The normalized spacial score (nSPS) is 17.6. The van der Waals surface area contributed by atoms with E-state index in [-0.39, 0.29) is 29.4 Å². The number of ether oxygens (including phenoxy) is 1. The zero-order chi connectivity index (χ0) is 29.2. The highest BCUT2D eigenvalue weighted by Gasteiger charge is 2.38. The monoisotopic (exact) mass is 580 g/mol. The van der Waals surface area contributed by atoms with Crippen molar-refractivity contribution in [2.45, 2.75) is 31.9 Å². The van der Waals surface area contributed by atoms with Crippen LogP contribution in [0, 0.1) is 12.8 Å². The van der Waals surface area contributed by atoms with Crippen LogP contribution in [0.15, 0.2) is 78.9 Å². The van der Waals surface area contributed by atoms with Crippen LogP contribution < -0.4 is 9.64 Å². The van der Waals surface area contributed by atoms with Crippen LogP contribution in [-0.2, 0) is 9.59 Å². The topological polar surface area (TPSA) is 67.7 Å². The van der Waals surface area contributed by atoms with Gasteiger partial charge in [0.05, 0.1) is 29.5 Å². The zero-order valence-corrected chi connectivity index (χ0v) is 25.1. The number of methoxy groups -OCH3 is 1. The number of hydrogen-bond donors (Lipinski definition) is 0. The molecule has 0 saturated carbocycles. The Kier molecular flexibility index (Phi) is 8.07. The number of carbonyl (C=O) groups excluding carboxylic acids is 2. The van der Waals surface area contributed by atoms with E-state index in [0.717, 1.165) is 65.3 Å². The summed E-state index contributed by atoms with van der Waals surface area (Å²) in [6, 6.07) is 26.2. The van der Waals surface area contributed by atoms with Crippen LogP contribution in [0.5, 0.6) is 5.75 Å². The summed E-state index contributed by atoms with van der Waals surface area (Å²) in [5, 5.41) is 5.03. The summed E-state index contributed by atoms with van der Waals surface area (Å²) in [5.41, 5.74) is 5.77. The number of benzene rings is 3. The quantitative estimate of drug-likeness (QED) is 0.268. The molecule has 1 saturated heterocycles. The van der Waals surface area contributed by atoms with Crippen molar-refractivity contribution >= 4 is 29.4 Å². The van der Waals surface area contributed by atoms with Gasteiger partial charge in [0, 0.05) is 24.2 Å². The third kappa shape index (κ3) is 5.55. The number of anilines is 1. The second-order valence-electron chi connectivity index (χ2n) is 11.2. The molecule has 7 nitrogen and oxygen atoms in total. The molecule has 216 valence electrons. The maximum absolute atomic E-state index is 14.0. The Morgan fingerprint density at radius 2 is 1.74 bits per heavy atom. The van der Waals surface area contributed by atoms with E-state index >= 15 is 0 Å². The lowest BCUT2D eigenvalue weighted by Crippen LogP contribution is -2.46. The Hall–Kier alpha value is -4.04. The molecule has 0 bridgehead atoms. The standard InChI is InChI=1S/C34H36N4O3S/c1-23-16-18-36(19-17-23)29(39)21-37-30(40)22-42-33(26-11-7-8-24(2)20-26)31-32(25-9-5-4-6-10-25)35-38(34(31)37)27-12-14-28(41-3)15-13-27/h4-15,20,23,33H,16-19,21-22H2,1-3H3. The van der Waals surface area contributed by atoms with Crippen molar-refractivity contribution in [3.63, 3.8) is 0 Å². The fourth-order valence-electron chi connectivity index (χ4n) is 5.82. The predicted octanol–water partition coefficient (Wildman–Crippen LogP) is 6.28. The third-order valence-electron chi connectivity index (χ3n) is 8.23. The van der Waals surface area contributed by atoms with Gasteiger partial charge in [-0.3, -0.25) is 14.5 Å². The van der Waals surface area contributed by atoms with Crippen molar-refractivity contribution in [2.75, 3.05) is 37.4 Å². The molecule has 6 rings (SSSR count). The molecule has 1 unspecified atom stereocenters. The number of hydrogen-bond acceptors (Lipinski definition) is 5. The maximum Gasteiger partial charge on any atom is 0.242 e. The van der Waals surface area contributed by atoms with Crippen LogP contribution in [0.25, 0.3) is 16.9 Å². The second kappa shape index (κ2) is 12.1. The number of nitrogens with zero attached hydrogens (tertiary/aromatic N) is 4. The Bertz CT molecular complexity index is 1580. The van der Waals surface area contributed by atoms with Gasteiger partial charge < -0.3 is 9.64 Å². The van der Waals surface area contributed by atoms with Crippen molar-refractivity contribution in [2.24, 2.45) is 5.92 Å². The van der Waals surface area contributed by atoms with Gasteiger partial charge in [-0.25, -0.2) is 4.68 Å². The molecule has 0 N–H and O–H groups in total. The van der Waals surface area contributed by atoms with Crippen LogP contribution >= 0.6 is 11.8 Å². The summed E-state index contributed by atoms with van der Waals surface area (Å²) < 4.78 is 7.26. The molecule has 0 aliphatic carbocycles. The molecular weight excluding hydrogens is 544 g/mol. The molecule has 42 heavy (non-hydrogen) atoms. The van der Waals surface area contributed by atoms with Gasteiger partial charge in [0.15, 0.2) is 0 Å². The Labute approximate surface area is 251 Å². The highest BCUT2D eigenvalue weighted by atomic mass is 32.2. The van der Waals surface area contributed by atoms with Crippen molar-refractivity contribution in [3.8, 4) is 22.7 Å². The molecule has 4 aromatic rings. The summed E-state index contributed by atoms with van der Waals surface area (Å²) in [4.78, 5) is 31.3. The average molecular weight is 581 g/mol. The highest BCUT2D eigenvalue weighted by Crippen LogP contribution is 2.48. The summed E-state index contributed by atoms with van der Waals surface area (Å²) >= 11 is 1.60. The molecular formula is C34H36N4O3S. The van der Waals surface area contributed by atoms with Gasteiger partial charge in [0.25, 0.3) is 0 Å². The number of aromatic nitrogens is 2. The van der Waals surface area contributed by atoms with E-state index in [1.54, 1.807) is 23.8 Å². The fourth-order valence-corrected chi connectivity index (χ4v) is 7.01. The van der Waals surface area contributed by atoms with E-state index in [2.05, 4.69) is 50.2 Å². The van der Waals surface area contributed by atoms with Gasteiger partial charge in [-0.05, 0) is 55.5 Å². The lowest BCUT2D eigenvalue weighted by atomic mass is 9.98. The Balaban J connectivity index is 1.56. The summed E-state index contributed by atoms with van der Waals surface area (Å²) in [6.07, 6.45) is 1.97. The number of amides is 2. The molecule has 1 fully saturated rings. The molecule has 2 amide bonds. The van der Waals surface area contributed by atoms with E-state index in [9.17, 15) is 9.59 Å². The van der Waals surface area contributed by atoms with E-state index in [1.165, 1.54) is 0 Å². The lowest BCUT2D eigenvalue weighted by molar-refractivity contribution is -0.132. The van der Waals surface area contributed by atoms with Gasteiger partial charge in [0.1, 0.15) is 18.1 Å². The molecule has 3 aromatic carbocycles. The SMILES string of the molecule is COc1ccc(-n2nc(-c3ccccc3)c3c2N(CC(=O)N2CCC(C)CC2)C(=O)CSC3c2cccc(C)c2)cc1. The molecule has 8 heteroatoms. The molecule has 2 aliphatic rings. The third-order valence-corrected chi connectivity index (χ3v) is 9.48. The van der Waals surface area contributed by atoms with Gasteiger partial charge in [-0.2, -0.15) is 5.10 Å². The van der Waals surface area contributed by atoms with Gasteiger partial charge >= 0.3 is 0 Å². The van der Waals surface area contributed by atoms with Crippen LogP contribution in [0.2, 0.25) is 0 Å². The fraction of sp³-hybridized carbons (Fsp3) is 0.324. The van der Waals surface area contributed by atoms with Crippen LogP contribution in [0.4, 0.5) is 5.82 Å². The molecule has 1 atom stereocenters. The van der Waals surface area contributed by atoms with Gasteiger partial charge in [-0.15, -0.1) is 11.8 Å². The van der Waals surface area contributed by atoms with Gasteiger partial charge in [0.2, 0.25) is 11.8 Å². The number of aryl methyl sites for hydroxylation is 1.